The summed E-state index contributed by atoms with van der Waals surface area (Å²) in [5, 5.41) is 3.63. The topological polar surface area (TPSA) is 15.3 Å². The van der Waals surface area contributed by atoms with Gasteiger partial charge in [-0.25, -0.2) is 0 Å². The van der Waals surface area contributed by atoms with Crippen molar-refractivity contribution in [2.45, 2.75) is 84.3 Å². The predicted molar refractivity (Wildman–Crippen MR) is 76.5 cm³/mol. The van der Waals surface area contributed by atoms with Gasteiger partial charge in [-0.2, -0.15) is 0 Å². The summed E-state index contributed by atoms with van der Waals surface area (Å²) in [5.41, 5.74) is 0. The maximum Gasteiger partial charge on any atom is 0.0223 e. The molecule has 1 heterocycles. The average molecular weight is 240 g/mol. The highest BCUT2D eigenvalue weighted by molar-refractivity contribution is 4.83. The van der Waals surface area contributed by atoms with E-state index in [1.165, 1.54) is 51.6 Å². The fraction of sp³-hybridized carbons (Fsp3) is 1.00. The van der Waals surface area contributed by atoms with Crippen LogP contribution in [0, 0.1) is 0 Å². The van der Waals surface area contributed by atoms with Crippen LogP contribution >= 0.6 is 0 Å². The number of hydrogen-bond acceptors (Lipinski definition) is 2. The minimum absolute atomic E-state index is 0.610. The van der Waals surface area contributed by atoms with Gasteiger partial charge in [0.25, 0.3) is 0 Å². The Kier molecular flexibility index (Phi) is 7.14. The summed E-state index contributed by atoms with van der Waals surface area (Å²) in [6.45, 7) is 11.6. The molecular weight excluding hydrogens is 208 g/mol. The molecule has 0 spiro atoms. The number of hydrogen-bond donors (Lipinski definition) is 1. The van der Waals surface area contributed by atoms with E-state index in [0.717, 1.165) is 12.1 Å². The van der Waals surface area contributed by atoms with Crippen molar-refractivity contribution in [2.75, 3.05) is 13.1 Å². The van der Waals surface area contributed by atoms with Crippen LogP contribution < -0.4 is 5.32 Å². The number of likely N-dealkylation sites (tertiary alicyclic amines) is 1. The Morgan fingerprint density at radius 2 is 2.00 bits per heavy atom. The molecule has 2 heteroatoms. The van der Waals surface area contributed by atoms with Crippen LogP contribution in [-0.4, -0.2) is 36.1 Å². The first-order valence-corrected chi connectivity index (χ1v) is 7.68. The first-order chi connectivity index (χ1) is 8.19. The Hall–Kier alpha value is -0.0800. The quantitative estimate of drug-likeness (QED) is 0.733. The van der Waals surface area contributed by atoms with Crippen LogP contribution in [-0.2, 0) is 0 Å². The molecule has 0 saturated carbocycles. The Labute approximate surface area is 108 Å². The van der Waals surface area contributed by atoms with E-state index in [-0.39, 0.29) is 0 Å². The van der Waals surface area contributed by atoms with Crippen LogP contribution in [0.4, 0.5) is 0 Å². The predicted octanol–water partition coefficient (Wildman–Crippen LogP) is 3.42. The highest BCUT2D eigenvalue weighted by Crippen LogP contribution is 2.23. The van der Waals surface area contributed by atoms with Gasteiger partial charge in [-0.3, -0.25) is 4.90 Å². The van der Waals surface area contributed by atoms with Crippen LogP contribution in [0.25, 0.3) is 0 Å². The second-order valence-electron chi connectivity index (χ2n) is 5.80. The van der Waals surface area contributed by atoms with Crippen molar-refractivity contribution in [3.05, 3.63) is 0 Å². The number of nitrogens with zero attached hydrogens (tertiary/aromatic N) is 1. The van der Waals surface area contributed by atoms with Crippen molar-refractivity contribution in [1.82, 2.24) is 10.2 Å². The monoisotopic (exact) mass is 240 g/mol. The third kappa shape index (κ3) is 4.97. The molecule has 2 unspecified atom stereocenters. The minimum Gasteiger partial charge on any atom is -0.313 e. The molecule has 1 N–H and O–H groups in total. The lowest BCUT2D eigenvalue weighted by molar-refractivity contribution is 0.0842. The van der Waals surface area contributed by atoms with Gasteiger partial charge in [0.1, 0.15) is 0 Å². The molecule has 2 atom stereocenters. The van der Waals surface area contributed by atoms with Crippen LogP contribution in [0.3, 0.4) is 0 Å². The summed E-state index contributed by atoms with van der Waals surface area (Å²) in [5.74, 6) is 0. The lowest BCUT2D eigenvalue weighted by Crippen LogP contribution is -2.50. The van der Waals surface area contributed by atoms with E-state index < -0.39 is 0 Å². The van der Waals surface area contributed by atoms with Crippen LogP contribution in [0.1, 0.15) is 66.2 Å². The van der Waals surface area contributed by atoms with Crippen LogP contribution in [0.2, 0.25) is 0 Å². The van der Waals surface area contributed by atoms with Crippen LogP contribution in [0.15, 0.2) is 0 Å². The first kappa shape index (κ1) is 15.0. The van der Waals surface area contributed by atoms with Crippen molar-refractivity contribution < 1.29 is 0 Å². The fourth-order valence-electron chi connectivity index (χ4n) is 3.03. The molecule has 0 aliphatic carbocycles. The Bertz CT molecular complexity index is 191. The fourth-order valence-corrected chi connectivity index (χ4v) is 3.03. The molecule has 0 radical (unpaired) electrons. The van der Waals surface area contributed by atoms with E-state index in [0.29, 0.717) is 6.04 Å². The number of piperidine rings is 1. The van der Waals surface area contributed by atoms with E-state index in [2.05, 4.69) is 37.9 Å². The van der Waals surface area contributed by atoms with E-state index in [1.807, 2.05) is 0 Å². The molecular formula is C15H32N2. The van der Waals surface area contributed by atoms with Crippen molar-refractivity contribution in [1.29, 1.82) is 0 Å². The molecule has 0 aromatic heterocycles. The number of rotatable bonds is 7. The van der Waals surface area contributed by atoms with Gasteiger partial charge in [0.2, 0.25) is 0 Å². The summed E-state index contributed by atoms with van der Waals surface area (Å²) >= 11 is 0. The summed E-state index contributed by atoms with van der Waals surface area (Å²) in [6, 6.07) is 2.21. The highest BCUT2D eigenvalue weighted by Gasteiger charge is 2.26. The standard InChI is InChI=1S/C15H32N2/c1-5-9-15(12-16-13(3)4)17-11-8-7-10-14(17)6-2/h13-16H,5-12H2,1-4H3. The van der Waals surface area contributed by atoms with Gasteiger partial charge in [0.05, 0.1) is 0 Å². The minimum atomic E-state index is 0.610. The SMILES string of the molecule is CCCC(CNC(C)C)N1CCCCC1CC. The zero-order chi connectivity index (χ0) is 12.7. The molecule has 1 saturated heterocycles. The Balaban J connectivity index is 2.53. The lowest BCUT2D eigenvalue weighted by atomic mass is 9.96. The Morgan fingerprint density at radius 3 is 2.59 bits per heavy atom. The molecule has 1 rings (SSSR count). The molecule has 2 nitrogen and oxygen atoms in total. The normalized spacial score (nSPS) is 24.2. The third-order valence-electron chi connectivity index (χ3n) is 4.00. The summed E-state index contributed by atoms with van der Waals surface area (Å²) in [7, 11) is 0. The van der Waals surface area contributed by atoms with E-state index in [9.17, 15) is 0 Å². The smallest absolute Gasteiger partial charge is 0.0223 e. The summed E-state index contributed by atoms with van der Waals surface area (Å²) < 4.78 is 0. The van der Waals surface area contributed by atoms with Crippen LogP contribution in [0.5, 0.6) is 0 Å². The third-order valence-corrected chi connectivity index (χ3v) is 4.00. The second-order valence-corrected chi connectivity index (χ2v) is 5.80. The molecule has 0 amide bonds. The maximum atomic E-state index is 3.63. The van der Waals surface area contributed by atoms with Gasteiger partial charge in [-0.1, -0.05) is 40.5 Å². The highest BCUT2D eigenvalue weighted by atomic mass is 15.2. The van der Waals surface area contributed by atoms with E-state index in [4.69, 9.17) is 0 Å². The molecule has 0 aromatic rings. The molecule has 102 valence electrons. The molecule has 0 aromatic carbocycles. The molecule has 1 fully saturated rings. The van der Waals surface area contributed by atoms with Crippen molar-refractivity contribution >= 4 is 0 Å². The van der Waals surface area contributed by atoms with Crippen molar-refractivity contribution in [3.8, 4) is 0 Å². The molecule has 17 heavy (non-hydrogen) atoms. The van der Waals surface area contributed by atoms with E-state index in [1.54, 1.807) is 0 Å². The zero-order valence-corrected chi connectivity index (χ0v) is 12.3. The van der Waals surface area contributed by atoms with Gasteiger partial charge in [0.15, 0.2) is 0 Å². The maximum absolute atomic E-state index is 3.63. The van der Waals surface area contributed by atoms with Gasteiger partial charge < -0.3 is 5.32 Å². The van der Waals surface area contributed by atoms with Crippen molar-refractivity contribution in [2.24, 2.45) is 0 Å². The first-order valence-electron chi connectivity index (χ1n) is 7.68. The van der Waals surface area contributed by atoms with Gasteiger partial charge in [0, 0.05) is 24.7 Å². The Morgan fingerprint density at radius 1 is 1.24 bits per heavy atom. The molecule has 0 bridgehead atoms. The second kappa shape index (κ2) is 8.10. The number of nitrogens with one attached hydrogen (secondary N) is 1. The zero-order valence-electron chi connectivity index (χ0n) is 12.3. The van der Waals surface area contributed by atoms with Crippen molar-refractivity contribution in [3.63, 3.8) is 0 Å². The van der Waals surface area contributed by atoms with Gasteiger partial charge >= 0.3 is 0 Å². The van der Waals surface area contributed by atoms with Gasteiger partial charge in [-0.15, -0.1) is 0 Å². The van der Waals surface area contributed by atoms with Gasteiger partial charge in [-0.05, 0) is 32.2 Å². The summed E-state index contributed by atoms with van der Waals surface area (Å²) in [4.78, 5) is 2.79. The average Bonchev–Trinajstić information content (AvgIpc) is 2.34. The largest absolute Gasteiger partial charge is 0.313 e. The summed E-state index contributed by atoms with van der Waals surface area (Å²) in [6.07, 6.45) is 8.22. The molecule has 1 aliphatic rings. The lowest BCUT2D eigenvalue weighted by Gasteiger charge is -2.41. The van der Waals surface area contributed by atoms with E-state index >= 15 is 0 Å². The molecule has 1 aliphatic heterocycles.